The molecule has 13 heteroatoms. The number of amides is 2. The second kappa shape index (κ2) is 16.4. The van der Waals surface area contributed by atoms with Crippen molar-refractivity contribution >= 4 is 17.8 Å². The van der Waals surface area contributed by atoms with Crippen LogP contribution in [0.3, 0.4) is 0 Å². The minimum absolute atomic E-state index is 0.0348. The number of carbonyl (C=O) groups excluding carboxylic acids is 3. The van der Waals surface area contributed by atoms with Crippen molar-refractivity contribution in [3.8, 4) is 16.9 Å². The Morgan fingerprint density at radius 3 is 1.70 bits per heavy atom. The van der Waals surface area contributed by atoms with Crippen LogP contribution in [0.2, 0.25) is 0 Å². The molecule has 0 saturated heterocycles. The fraction of sp³-hybridized carbons (Fsp3) is 0.341. The van der Waals surface area contributed by atoms with Crippen LogP contribution < -0.4 is 10.5 Å². The number of alkyl halides is 6. The van der Waals surface area contributed by atoms with Gasteiger partial charge in [-0.3, -0.25) is 9.59 Å². The zero-order chi connectivity index (χ0) is 40.1. The van der Waals surface area contributed by atoms with Crippen LogP contribution >= 0.6 is 0 Å². The smallest absolute Gasteiger partial charge is 0.416 e. The molecule has 1 atom stereocenters. The maximum atomic E-state index is 14.4. The summed E-state index contributed by atoms with van der Waals surface area (Å²) in [5, 5.41) is 0. The summed E-state index contributed by atoms with van der Waals surface area (Å²) < 4.78 is 90.5. The van der Waals surface area contributed by atoms with E-state index in [-0.39, 0.29) is 31.1 Å². The monoisotopic (exact) mass is 756 g/mol. The van der Waals surface area contributed by atoms with Gasteiger partial charge in [0.15, 0.2) is 0 Å². The van der Waals surface area contributed by atoms with Gasteiger partial charge in [-0.1, -0.05) is 66.7 Å². The van der Waals surface area contributed by atoms with E-state index in [1.54, 1.807) is 69.3 Å². The highest BCUT2D eigenvalue weighted by atomic mass is 19.4. The predicted molar refractivity (Wildman–Crippen MR) is 191 cm³/mol. The van der Waals surface area contributed by atoms with Gasteiger partial charge in [0.25, 0.3) is 5.91 Å². The van der Waals surface area contributed by atoms with Crippen molar-refractivity contribution in [2.24, 2.45) is 5.73 Å². The molecule has 54 heavy (non-hydrogen) atoms. The lowest BCUT2D eigenvalue weighted by molar-refractivity contribution is -0.162. The second-order valence-corrected chi connectivity index (χ2v) is 14.5. The first kappa shape index (κ1) is 41.4. The van der Waals surface area contributed by atoms with E-state index in [0.717, 1.165) is 5.56 Å². The van der Waals surface area contributed by atoms with E-state index >= 15 is 0 Å². The molecule has 2 amide bonds. The Labute approximate surface area is 310 Å². The SMILES string of the molecule is CC(C)(C)OC(=O)[C@H](CCC(N)=O)N(C(=O)c1ccc(-c2ccc(COc3cc(C(F)(F)F)cc(C(F)(F)F)c3)cc2)cc1)C(C)(C)Cc1ccccc1. The van der Waals surface area contributed by atoms with Crippen molar-refractivity contribution in [2.75, 3.05) is 0 Å². The Balaban J connectivity index is 1.59. The fourth-order valence-electron chi connectivity index (χ4n) is 5.93. The molecular weight excluding hydrogens is 714 g/mol. The first-order chi connectivity index (χ1) is 25.0. The molecule has 0 aliphatic rings. The van der Waals surface area contributed by atoms with E-state index in [0.29, 0.717) is 35.2 Å². The number of hydrogen-bond acceptors (Lipinski definition) is 5. The topological polar surface area (TPSA) is 98.9 Å². The van der Waals surface area contributed by atoms with Crippen molar-refractivity contribution in [1.29, 1.82) is 0 Å². The van der Waals surface area contributed by atoms with Gasteiger partial charge in [-0.15, -0.1) is 0 Å². The zero-order valence-electron chi connectivity index (χ0n) is 30.5. The fourth-order valence-corrected chi connectivity index (χ4v) is 5.93. The largest absolute Gasteiger partial charge is 0.489 e. The Hall–Kier alpha value is -5.33. The van der Waals surface area contributed by atoms with Crippen LogP contribution in [0.5, 0.6) is 5.75 Å². The minimum atomic E-state index is -5.00. The number of halogens is 6. The van der Waals surface area contributed by atoms with E-state index in [1.807, 2.05) is 44.2 Å². The first-order valence-corrected chi connectivity index (χ1v) is 17.0. The molecular formula is C41H42F6N2O5. The second-order valence-electron chi connectivity index (χ2n) is 14.5. The quantitative estimate of drug-likeness (QED) is 0.108. The number of carbonyl (C=O) groups is 3. The molecule has 0 saturated carbocycles. The lowest BCUT2D eigenvalue weighted by Crippen LogP contribution is -2.58. The summed E-state index contributed by atoms with van der Waals surface area (Å²) in [5.74, 6) is -2.36. The molecule has 0 radical (unpaired) electrons. The Bertz CT molecular complexity index is 1890. The summed E-state index contributed by atoms with van der Waals surface area (Å²) in [6.07, 6.45) is -9.84. The molecule has 0 aliphatic carbocycles. The predicted octanol–water partition coefficient (Wildman–Crippen LogP) is 9.41. The van der Waals surface area contributed by atoms with E-state index in [4.69, 9.17) is 15.2 Å². The normalized spacial score (nSPS) is 12.9. The molecule has 0 aromatic heterocycles. The van der Waals surface area contributed by atoms with Gasteiger partial charge in [0.05, 0.1) is 11.1 Å². The van der Waals surface area contributed by atoms with Crippen molar-refractivity contribution < 1.29 is 50.2 Å². The van der Waals surface area contributed by atoms with Crippen LogP contribution in [0.25, 0.3) is 11.1 Å². The van der Waals surface area contributed by atoms with Gasteiger partial charge >= 0.3 is 18.3 Å². The summed E-state index contributed by atoms with van der Waals surface area (Å²) in [5.41, 5.74) is 3.76. The molecule has 0 bridgehead atoms. The van der Waals surface area contributed by atoms with Crippen LogP contribution in [-0.2, 0) is 39.7 Å². The van der Waals surface area contributed by atoms with E-state index < -0.39 is 64.2 Å². The van der Waals surface area contributed by atoms with Gasteiger partial charge < -0.3 is 20.1 Å². The zero-order valence-corrected chi connectivity index (χ0v) is 30.5. The molecule has 2 N–H and O–H groups in total. The Morgan fingerprint density at radius 2 is 1.22 bits per heavy atom. The molecule has 288 valence electrons. The number of hydrogen-bond donors (Lipinski definition) is 1. The molecule has 0 unspecified atom stereocenters. The lowest BCUT2D eigenvalue weighted by Gasteiger charge is -2.43. The third kappa shape index (κ3) is 11.3. The summed E-state index contributed by atoms with van der Waals surface area (Å²) in [6.45, 7) is 8.50. The molecule has 7 nitrogen and oxygen atoms in total. The van der Waals surface area contributed by atoms with Crippen molar-refractivity contribution in [3.63, 3.8) is 0 Å². The van der Waals surface area contributed by atoms with Gasteiger partial charge in [0.2, 0.25) is 5.91 Å². The van der Waals surface area contributed by atoms with Gasteiger partial charge in [-0.05, 0) is 100 Å². The highest BCUT2D eigenvalue weighted by molar-refractivity contribution is 5.98. The van der Waals surface area contributed by atoms with E-state index in [1.165, 1.54) is 4.90 Å². The number of primary amides is 1. The Morgan fingerprint density at radius 1 is 0.704 bits per heavy atom. The van der Waals surface area contributed by atoms with Crippen molar-refractivity contribution in [1.82, 2.24) is 4.90 Å². The highest BCUT2D eigenvalue weighted by Gasteiger charge is 2.42. The molecule has 4 rings (SSSR count). The number of rotatable bonds is 13. The average Bonchev–Trinajstić information content (AvgIpc) is 3.07. The van der Waals surface area contributed by atoms with Gasteiger partial charge in [0, 0.05) is 17.5 Å². The van der Waals surface area contributed by atoms with Crippen LogP contribution in [0, 0.1) is 0 Å². The van der Waals surface area contributed by atoms with Gasteiger partial charge in [0.1, 0.15) is 24.0 Å². The third-order valence-electron chi connectivity index (χ3n) is 8.39. The average molecular weight is 757 g/mol. The number of ether oxygens (including phenoxy) is 2. The van der Waals surface area contributed by atoms with Crippen LogP contribution in [-0.4, -0.2) is 39.9 Å². The van der Waals surface area contributed by atoms with Gasteiger partial charge in [-0.2, -0.15) is 26.3 Å². The lowest BCUT2D eigenvalue weighted by atomic mass is 9.89. The maximum Gasteiger partial charge on any atom is 0.416 e. The summed E-state index contributed by atoms with van der Waals surface area (Å²) in [4.78, 5) is 41.5. The summed E-state index contributed by atoms with van der Waals surface area (Å²) >= 11 is 0. The minimum Gasteiger partial charge on any atom is -0.489 e. The van der Waals surface area contributed by atoms with Crippen LogP contribution in [0.15, 0.2) is 97.1 Å². The highest BCUT2D eigenvalue weighted by Crippen LogP contribution is 2.38. The van der Waals surface area contributed by atoms with Crippen molar-refractivity contribution in [2.45, 2.75) is 90.0 Å². The number of benzene rings is 4. The van der Waals surface area contributed by atoms with Crippen LogP contribution in [0.1, 0.15) is 80.1 Å². The number of nitrogens with zero attached hydrogens (tertiary/aromatic N) is 1. The molecule has 0 aliphatic heterocycles. The van der Waals surface area contributed by atoms with Crippen LogP contribution in [0.4, 0.5) is 26.3 Å². The molecule has 0 fully saturated rings. The standard InChI is InChI=1S/C41H42F6N2O5/c1-38(2,3)54-37(52)34(19-20-35(48)50)49(39(4,5)24-26-9-7-6-8-10-26)36(51)30-17-15-29(16-18-30)28-13-11-27(12-14-28)25-53-33-22-31(40(42,43)44)21-32(23-33)41(45,46)47/h6-18,21-23,34H,19-20,24-25H2,1-5H3,(H2,48,50)/t34-/m0/s1. The number of esters is 1. The molecule has 4 aromatic rings. The third-order valence-corrected chi connectivity index (χ3v) is 8.39. The summed E-state index contributed by atoms with van der Waals surface area (Å²) in [6, 6.07) is 22.6. The molecule has 4 aromatic carbocycles. The van der Waals surface area contributed by atoms with E-state index in [2.05, 4.69) is 0 Å². The number of nitrogens with two attached hydrogens (primary N) is 1. The maximum absolute atomic E-state index is 14.4. The molecule has 0 spiro atoms. The van der Waals surface area contributed by atoms with E-state index in [9.17, 15) is 40.7 Å². The Kier molecular flexibility index (Phi) is 12.5. The van der Waals surface area contributed by atoms with Gasteiger partial charge in [-0.25, -0.2) is 4.79 Å². The van der Waals surface area contributed by atoms with Crippen molar-refractivity contribution in [3.05, 3.63) is 125 Å². The first-order valence-electron chi connectivity index (χ1n) is 17.0. The summed E-state index contributed by atoms with van der Waals surface area (Å²) in [7, 11) is 0. The molecule has 0 heterocycles.